The van der Waals surface area contributed by atoms with Crippen LogP contribution in [-0.4, -0.2) is 51.5 Å². The van der Waals surface area contributed by atoms with E-state index in [1.807, 2.05) is 26.0 Å². The second kappa shape index (κ2) is 12.1. The van der Waals surface area contributed by atoms with E-state index in [1.54, 1.807) is 22.2 Å². The highest BCUT2D eigenvalue weighted by Gasteiger charge is 2.49. The monoisotopic (exact) mass is 468 g/mol. The van der Waals surface area contributed by atoms with E-state index in [1.165, 1.54) is 0 Å². The summed E-state index contributed by atoms with van der Waals surface area (Å²) in [5.41, 5.74) is 2.32. The summed E-state index contributed by atoms with van der Waals surface area (Å²) in [6, 6.07) is 6.86. The second-order valence-corrected chi connectivity index (χ2v) is 9.60. The zero-order valence-corrected chi connectivity index (χ0v) is 21.2. The molecule has 0 spiro atoms. The molecule has 0 unspecified atom stereocenters. The van der Waals surface area contributed by atoms with Gasteiger partial charge in [0.05, 0.1) is 11.8 Å². The van der Waals surface area contributed by atoms with Gasteiger partial charge in [-0.2, -0.15) is 10.2 Å². The molecule has 7 nitrogen and oxygen atoms in total. The standard InChI is InChI=1S/C27H40N4O3/c1-5-7-9-11-17-30-26(33)23(19(3)28-30)25(21-13-15-22(32)16-14-21)24-20(4)29-31(27(24)34)18-12-10-8-6-2/h13-16,23-25,32H,5-12,17-18H2,1-4H3/t23-,24-/m1/s1. The third kappa shape index (κ3) is 5.86. The number of hydrazone groups is 2. The Morgan fingerprint density at radius 3 is 1.62 bits per heavy atom. The van der Waals surface area contributed by atoms with Crippen molar-refractivity contribution in [3.05, 3.63) is 29.8 Å². The van der Waals surface area contributed by atoms with Crippen LogP contribution in [0.3, 0.4) is 0 Å². The van der Waals surface area contributed by atoms with Gasteiger partial charge in [-0.25, -0.2) is 10.0 Å². The van der Waals surface area contributed by atoms with Gasteiger partial charge < -0.3 is 5.11 Å². The Kier molecular flexibility index (Phi) is 9.25. The van der Waals surface area contributed by atoms with Crippen molar-refractivity contribution in [3.8, 4) is 5.75 Å². The molecule has 0 radical (unpaired) electrons. The van der Waals surface area contributed by atoms with Gasteiger partial charge >= 0.3 is 0 Å². The number of carbonyl (C=O) groups is 2. The molecule has 186 valence electrons. The van der Waals surface area contributed by atoms with Gasteiger partial charge in [0.1, 0.15) is 5.75 Å². The van der Waals surface area contributed by atoms with Gasteiger partial charge in [-0.3, -0.25) is 9.59 Å². The Hall–Kier alpha value is -2.70. The Morgan fingerprint density at radius 1 is 0.765 bits per heavy atom. The number of hydrogen-bond donors (Lipinski definition) is 1. The molecule has 0 fully saturated rings. The van der Waals surface area contributed by atoms with E-state index in [0.29, 0.717) is 13.1 Å². The lowest BCUT2D eigenvalue weighted by atomic mass is 9.73. The summed E-state index contributed by atoms with van der Waals surface area (Å²) in [5, 5.41) is 22.3. The summed E-state index contributed by atoms with van der Waals surface area (Å²) < 4.78 is 0. The topological polar surface area (TPSA) is 85.6 Å². The fourth-order valence-corrected chi connectivity index (χ4v) is 5.08. The average Bonchev–Trinajstić information content (AvgIpc) is 3.25. The predicted molar refractivity (Wildman–Crippen MR) is 136 cm³/mol. The number of unbranched alkanes of at least 4 members (excludes halogenated alkanes) is 6. The Morgan fingerprint density at radius 2 is 1.21 bits per heavy atom. The van der Waals surface area contributed by atoms with Gasteiger partial charge in [-0.05, 0) is 44.4 Å². The highest BCUT2D eigenvalue weighted by molar-refractivity contribution is 6.12. The minimum Gasteiger partial charge on any atom is -0.508 e. The number of hydrogen-bond acceptors (Lipinski definition) is 5. The lowest BCUT2D eigenvalue weighted by Crippen LogP contribution is -2.40. The molecular weight excluding hydrogens is 428 g/mol. The van der Waals surface area contributed by atoms with Crippen LogP contribution in [0, 0.1) is 11.8 Å². The SMILES string of the molecule is CCCCCCN1N=C(C)[C@H](C(c2ccc(O)cc2)[C@@H]2C(=O)N(CCCCCC)N=C2C)C1=O. The Balaban J connectivity index is 1.85. The first-order chi connectivity index (χ1) is 16.4. The number of phenolic OH excluding ortho intramolecular Hbond substituents is 1. The molecule has 1 aromatic rings. The number of nitrogens with zero attached hydrogens (tertiary/aromatic N) is 4. The normalized spacial score (nSPS) is 20.5. The molecule has 7 heteroatoms. The summed E-state index contributed by atoms with van der Waals surface area (Å²) in [6.07, 6.45) is 8.54. The maximum atomic E-state index is 13.6. The quantitative estimate of drug-likeness (QED) is 0.398. The Bertz CT molecular complexity index is 857. The van der Waals surface area contributed by atoms with Gasteiger partial charge in [-0.15, -0.1) is 0 Å². The summed E-state index contributed by atoms with van der Waals surface area (Å²) in [6.45, 7) is 9.30. The van der Waals surface area contributed by atoms with E-state index in [4.69, 9.17) is 0 Å². The Labute approximate surface area is 203 Å². The number of aromatic hydroxyl groups is 1. The number of phenols is 1. The van der Waals surface area contributed by atoms with Crippen LogP contribution in [0.1, 0.15) is 90.5 Å². The van der Waals surface area contributed by atoms with Crippen molar-refractivity contribution >= 4 is 23.2 Å². The van der Waals surface area contributed by atoms with Crippen LogP contribution in [0.25, 0.3) is 0 Å². The molecular formula is C27H40N4O3. The van der Waals surface area contributed by atoms with Gasteiger partial charge in [0.25, 0.3) is 11.8 Å². The smallest absolute Gasteiger partial charge is 0.252 e. The minimum atomic E-state index is -0.519. The molecule has 1 aromatic carbocycles. The summed E-state index contributed by atoms with van der Waals surface area (Å²) in [7, 11) is 0. The van der Waals surface area contributed by atoms with Crippen molar-refractivity contribution in [2.75, 3.05) is 13.1 Å². The zero-order valence-electron chi connectivity index (χ0n) is 21.2. The minimum absolute atomic E-state index is 0.0472. The maximum absolute atomic E-state index is 13.6. The third-order valence-corrected chi connectivity index (χ3v) is 6.94. The summed E-state index contributed by atoms with van der Waals surface area (Å²) in [4.78, 5) is 27.1. The number of carbonyl (C=O) groups excluding carboxylic acids is 2. The largest absolute Gasteiger partial charge is 0.508 e. The van der Waals surface area contributed by atoms with Crippen LogP contribution in [0.15, 0.2) is 34.5 Å². The van der Waals surface area contributed by atoms with Crippen molar-refractivity contribution in [1.82, 2.24) is 10.0 Å². The van der Waals surface area contributed by atoms with Gasteiger partial charge in [0.15, 0.2) is 0 Å². The first-order valence-corrected chi connectivity index (χ1v) is 12.9. The van der Waals surface area contributed by atoms with Crippen molar-refractivity contribution in [2.24, 2.45) is 22.0 Å². The first-order valence-electron chi connectivity index (χ1n) is 12.9. The van der Waals surface area contributed by atoms with Crippen LogP contribution < -0.4 is 0 Å². The maximum Gasteiger partial charge on any atom is 0.252 e. The fourth-order valence-electron chi connectivity index (χ4n) is 5.08. The van der Waals surface area contributed by atoms with Crippen LogP contribution in [0.5, 0.6) is 5.75 Å². The van der Waals surface area contributed by atoms with E-state index in [2.05, 4.69) is 24.1 Å². The van der Waals surface area contributed by atoms with Gasteiger partial charge in [-0.1, -0.05) is 64.5 Å². The molecule has 1 N–H and O–H groups in total. The molecule has 2 aliphatic rings. The molecule has 0 aliphatic carbocycles. The van der Waals surface area contributed by atoms with Crippen LogP contribution in [-0.2, 0) is 9.59 Å². The van der Waals surface area contributed by atoms with E-state index < -0.39 is 17.8 Å². The molecule has 2 aliphatic heterocycles. The van der Waals surface area contributed by atoms with E-state index >= 15 is 0 Å². The lowest BCUT2D eigenvalue weighted by molar-refractivity contribution is -0.135. The van der Waals surface area contributed by atoms with Crippen LogP contribution in [0.4, 0.5) is 0 Å². The molecule has 34 heavy (non-hydrogen) atoms. The van der Waals surface area contributed by atoms with Gasteiger partial charge in [0.2, 0.25) is 0 Å². The summed E-state index contributed by atoms with van der Waals surface area (Å²) in [5.74, 6) is -1.38. The number of amides is 2. The molecule has 2 atom stereocenters. The molecule has 2 amide bonds. The third-order valence-electron chi connectivity index (χ3n) is 6.94. The molecule has 0 bridgehead atoms. The second-order valence-electron chi connectivity index (χ2n) is 9.60. The van der Waals surface area contributed by atoms with E-state index in [0.717, 1.165) is 68.4 Å². The fraction of sp³-hybridized carbons (Fsp3) is 0.630. The zero-order chi connectivity index (χ0) is 24.7. The van der Waals surface area contributed by atoms with E-state index in [-0.39, 0.29) is 17.6 Å². The first kappa shape index (κ1) is 25.9. The average molecular weight is 469 g/mol. The van der Waals surface area contributed by atoms with Crippen LogP contribution >= 0.6 is 0 Å². The molecule has 0 saturated heterocycles. The lowest BCUT2D eigenvalue weighted by Gasteiger charge is -2.28. The summed E-state index contributed by atoms with van der Waals surface area (Å²) >= 11 is 0. The van der Waals surface area contributed by atoms with Gasteiger partial charge in [0, 0.05) is 30.4 Å². The molecule has 2 heterocycles. The van der Waals surface area contributed by atoms with Crippen LogP contribution in [0.2, 0.25) is 0 Å². The molecule has 3 rings (SSSR count). The number of rotatable bonds is 13. The van der Waals surface area contributed by atoms with E-state index in [9.17, 15) is 14.7 Å². The molecule has 0 aromatic heterocycles. The highest BCUT2D eigenvalue weighted by atomic mass is 16.3. The van der Waals surface area contributed by atoms with Crippen molar-refractivity contribution in [1.29, 1.82) is 0 Å². The highest BCUT2D eigenvalue weighted by Crippen LogP contribution is 2.41. The van der Waals surface area contributed by atoms with Crippen molar-refractivity contribution in [2.45, 2.75) is 85.0 Å². The predicted octanol–water partition coefficient (Wildman–Crippen LogP) is 5.31. The van der Waals surface area contributed by atoms with Crippen molar-refractivity contribution in [3.63, 3.8) is 0 Å². The number of benzene rings is 1. The molecule has 0 saturated carbocycles. The van der Waals surface area contributed by atoms with Crippen molar-refractivity contribution < 1.29 is 14.7 Å².